The normalized spacial score (nSPS) is 61.0. The van der Waals surface area contributed by atoms with Gasteiger partial charge in [0, 0.05) is 5.92 Å². The van der Waals surface area contributed by atoms with Crippen LogP contribution >= 0.6 is 0 Å². The number of rotatable bonds is 0. The lowest BCUT2D eigenvalue weighted by atomic mass is 9.73. The van der Waals surface area contributed by atoms with Crippen LogP contribution in [0.2, 0.25) is 0 Å². The molecular weight excluding hydrogens is 156 g/mol. The quantitative estimate of drug-likeness (QED) is 0.500. The van der Waals surface area contributed by atoms with E-state index >= 15 is 0 Å². The Morgan fingerprint density at radius 2 is 2.33 bits per heavy atom. The third-order valence-electron chi connectivity index (χ3n) is 3.69. The molecule has 3 saturated heterocycles. The maximum atomic E-state index is 11.5. The molecule has 0 amide bonds. The van der Waals surface area contributed by atoms with E-state index in [0.717, 1.165) is 6.42 Å². The highest BCUT2D eigenvalue weighted by atomic mass is 16.6. The summed E-state index contributed by atoms with van der Waals surface area (Å²) in [6.45, 7) is 4.07. The van der Waals surface area contributed by atoms with Gasteiger partial charge in [-0.3, -0.25) is 4.79 Å². The van der Waals surface area contributed by atoms with Gasteiger partial charge in [0.15, 0.2) is 0 Å². The van der Waals surface area contributed by atoms with Crippen molar-refractivity contribution in [2.75, 3.05) is 0 Å². The molecule has 5 unspecified atom stereocenters. The van der Waals surface area contributed by atoms with Crippen molar-refractivity contribution >= 4 is 5.97 Å². The molecule has 3 aliphatic rings. The Kier molecular flexibility index (Phi) is 0.971. The number of hydrogen-bond acceptors (Lipinski definition) is 3. The molecule has 0 radical (unpaired) electrons. The van der Waals surface area contributed by atoms with E-state index in [2.05, 4.69) is 6.92 Å². The van der Waals surface area contributed by atoms with Crippen LogP contribution in [0.4, 0.5) is 0 Å². The van der Waals surface area contributed by atoms with Gasteiger partial charge in [0.1, 0.15) is 12.2 Å². The van der Waals surface area contributed by atoms with Gasteiger partial charge in [0.25, 0.3) is 0 Å². The Morgan fingerprint density at radius 1 is 1.58 bits per heavy atom. The first kappa shape index (κ1) is 6.89. The lowest BCUT2D eigenvalue weighted by molar-refractivity contribution is -0.147. The highest BCUT2D eigenvalue weighted by Crippen LogP contribution is 2.56. The van der Waals surface area contributed by atoms with E-state index in [1.807, 2.05) is 6.92 Å². The van der Waals surface area contributed by atoms with Crippen LogP contribution in [0.1, 0.15) is 20.3 Å². The van der Waals surface area contributed by atoms with Crippen molar-refractivity contribution < 1.29 is 14.3 Å². The van der Waals surface area contributed by atoms with Gasteiger partial charge in [-0.05, 0) is 13.3 Å². The fourth-order valence-electron chi connectivity index (χ4n) is 2.78. The monoisotopic (exact) mass is 168 g/mol. The number of fused-ring (bicyclic) bond motifs is 1. The van der Waals surface area contributed by atoms with E-state index in [4.69, 9.17) is 9.47 Å². The zero-order chi connectivity index (χ0) is 8.51. The molecule has 0 spiro atoms. The average Bonchev–Trinajstić information content (AvgIpc) is 2.53. The lowest BCUT2D eigenvalue weighted by Crippen LogP contribution is -2.36. The van der Waals surface area contributed by atoms with Crippen molar-refractivity contribution in [1.29, 1.82) is 0 Å². The molecule has 0 aliphatic carbocycles. The highest BCUT2D eigenvalue weighted by Gasteiger charge is 2.68. The van der Waals surface area contributed by atoms with Crippen LogP contribution in [0.5, 0.6) is 0 Å². The molecule has 0 saturated carbocycles. The Morgan fingerprint density at radius 3 is 2.92 bits per heavy atom. The number of hydrogen-bond donors (Lipinski definition) is 0. The summed E-state index contributed by atoms with van der Waals surface area (Å²) in [5.41, 5.74) is -0.318. The van der Waals surface area contributed by atoms with Crippen molar-refractivity contribution in [2.24, 2.45) is 11.3 Å². The van der Waals surface area contributed by atoms with Gasteiger partial charge in [0.05, 0.1) is 11.5 Å². The van der Waals surface area contributed by atoms with E-state index < -0.39 is 0 Å². The van der Waals surface area contributed by atoms with Gasteiger partial charge in [0.2, 0.25) is 0 Å². The zero-order valence-electron chi connectivity index (χ0n) is 7.24. The van der Waals surface area contributed by atoms with Crippen molar-refractivity contribution in [3.8, 4) is 0 Å². The van der Waals surface area contributed by atoms with Crippen molar-refractivity contribution in [1.82, 2.24) is 0 Å². The first-order valence-electron chi connectivity index (χ1n) is 4.49. The third kappa shape index (κ3) is 0.505. The molecule has 0 N–H and O–H groups in total. The molecular formula is C9H12O3. The van der Waals surface area contributed by atoms with Gasteiger partial charge < -0.3 is 9.47 Å². The predicted molar refractivity (Wildman–Crippen MR) is 40.4 cm³/mol. The second kappa shape index (κ2) is 1.69. The summed E-state index contributed by atoms with van der Waals surface area (Å²) in [5.74, 6) is 0.346. The molecule has 3 aliphatic heterocycles. The molecule has 3 rings (SSSR count). The number of carbonyl (C=O) groups excluding carboxylic acids is 1. The highest BCUT2D eigenvalue weighted by molar-refractivity contribution is 5.81. The van der Waals surface area contributed by atoms with Crippen molar-refractivity contribution in [3.63, 3.8) is 0 Å². The predicted octanol–water partition coefficient (Wildman–Crippen LogP) is 0.725. The van der Waals surface area contributed by atoms with Gasteiger partial charge in [-0.1, -0.05) is 6.92 Å². The van der Waals surface area contributed by atoms with Gasteiger partial charge in [-0.2, -0.15) is 0 Å². The van der Waals surface area contributed by atoms with Crippen LogP contribution in [-0.2, 0) is 14.3 Å². The van der Waals surface area contributed by atoms with Gasteiger partial charge in [-0.25, -0.2) is 0 Å². The third-order valence-corrected chi connectivity index (χ3v) is 3.69. The fraction of sp³-hybridized carbons (Fsp3) is 0.889. The van der Waals surface area contributed by atoms with Crippen LogP contribution in [-0.4, -0.2) is 24.3 Å². The van der Waals surface area contributed by atoms with E-state index in [-0.39, 0.29) is 29.7 Å². The molecule has 0 aromatic rings. The minimum absolute atomic E-state index is 0.0428. The lowest BCUT2D eigenvalue weighted by Gasteiger charge is -2.22. The summed E-state index contributed by atoms with van der Waals surface area (Å²) in [6.07, 6.45) is 1.21. The second-order valence-electron chi connectivity index (χ2n) is 4.45. The maximum absolute atomic E-state index is 11.5. The topological polar surface area (TPSA) is 35.5 Å². The Hall–Kier alpha value is -0.570. The molecule has 0 aromatic heterocycles. The standard InChI is InChI=1S/C9H12O3/c1-4-5-3-9(2)7(11-5)6(4)12-8(9)10/h4-7H,3H2,1-2H3. The zero-order valence-corrected chi connectivity index (χ0v) is 7.24. The molecule has 12 heavy (non-hydrogen) atoms. The van der Waals surface area contributed by atoms with Gasteiger partial charge >= 0.3 is 5.97 Å². The van der Waals surface area contributed by atoms with Crippen molar-refractivity contribution in [2.45, 2.75) is 38.6 Å². The number of carbonyl (C=O) groups is 1. The minimum Gasteiger partial charge on any atom is -0.459 e. The Bertz CT molecular complexity index is 262. The summed E-state index contributed by atoms with van der Waals surface area (Å²) in [7, 11) is 0. The smallest absolute Gasteiger partial charge is 0.315 e. The van der Waals surface area contributed by atoms with Crippen LogP contribution in [0, 0.1) is 11.3 Å². The molecule has 5 atom stereocenters. The van der Waals surface area contributed by atoms with Crippen LogP contribution in [0.15, 0.2) is 0 Å². The fourth-order valence-corrected chi connectivity index (χ4v) is 2.78. The first-order valence-corrected chi connectivity index (χ1v) is 4.49. The summed E-state index contributed by atoms with van der Waals surface area (Å²) < 4.78 is 11.0. The number of esters is 1. The van der Waals surface area contributed by atoms with E-state index in [9.17, 15) is 4.79 Å². The minimum atomic E-state index is -0.318. The first-order chi connectivity index (χ1) is 5.63. The molecule has 0 aromatic carbocycles. The second-order valence-corrected chi connectivity index (χ2v) is 4.45. The summed E-state index contributed by atoms with van der Waals surface area (Å²) >= 11 is 0. The summed E-state index contributed by atoms with van der Waals surface area (Å²) in [4.78, 5) is 11.5. The SMILES string of the molecule is CC1C2CC3(C)C(=O)OC1C3O2. The molecule has 3 nitrogen and oxygen atoms in total. The van der Waals surface area contributed by atoms with Gasteiger partial charge in [-0.15, -0.1) is 0 Å². The van der Waals surface area contributed by atoms with E-state index in [1.165, 1.54) is 0 Å². The summed E-state index contributed by atoms with van der Waals surface area (Å²) in [6, 6.07) is 0. The number of ether oxygens (including phenoxy) is 2. The maximum Gasteiger partial charge on any atom is 0.315 e. The average molecular weight is 168 g/mol. The Labute approximate surface area is 71.0 Å². The van der Waals surface area contributed by atoms with E-state index in [1.54, 1.807) is 0 Å². The van der Waals surface area contributed by atoms with E-state index in [0.29, 0.717) is 5.92 Å². The summed E-state index contributed by atoms with van der Waals surface area (Å²) in [5, 5.41) is 0. The molecule has 66 valence electrons. The Balaban J connectivity index is 2.09. The molecule has 2 bridgehead atoms. The van der Waals surface area contributed by atoms with Crippen LogP contribution in [0.3, 0.4) is 0 Å². The van der Waals surface area contributed by atoms with Crippen LogP contribution < -0.4 is 0 Å². The molecule has 3 heteroatoms. The molecule has 3 heterocycles. The molecule has 3 fully saturated rings. The van der Waals surface area contributed by atoms with Crippen molar-refractivity contribution in [3.05, 3.63) is 0 Å². The largest absolute Gasteiger partial charge is 0.459 e. The van der Waals surface area contributed by atoms with Crippen LogP contribution in [0.25, 0.3) is 0 Å².